The molecule has 4 aromatic rings. The van der Waals surface area contributed by atoms with Crippen molar-refractivity contribution in [3.63, 3.8) is 0 Å². The van der Waals surface area contributed by atoms with Crippen LogP contribution in [-0.4, -0.2) is 10.4 Å². The van der Waals surface area contributed by atoms with E-state index in [1.54, 1.807) is 6.92 Å². The molecule has 3 heteroatoms. The van der Waals surface area contributed by atoms with Crippen LogP contribution in [-0.2, 0) is 0 Å². The number of hydrogen-bond donors (Lipinski definition) is 0. The number of carbonyl (C=O) groups is 1. The van der Waals surface area contributed by atoms with Crippen molar-refractivity contribution in [3.8, 4) is 16.9 Å². The van der Waals surface area contributed by atoms with Gasteiger partial charge in [-0.1, -0.05) is 60.1 Å². The SMILES string of the molecule is CC(=O)c1cc(-c2ccc(Cl)cc2)n(-c2cccc3ccccc23)c1C. The Hall–Kier alpha value is -2.84. The van der Waals surface area contributed by atoms with Crippen molar-refractivity contribution in [2.45, 2.75) is 13.8 Å². The van der Waals surface area contributed by atoms with Crippen LogP contribution in [0.1, 0.15) is 23.0 Å². The maximum atomic E-state index is 12.2. The van der Waals surface area contributed by atoms with Gasteiger partial charge in [0.05, 0.1) is 11.4 Å². The van der Waals surface area contributed by atoms with Gasteiger partial charge in [-0.05, 0) is 49.1 Å². The van der Waals surface area contributed by atoms with Crippen molar-refractivity contribution in [3.05, 3.63) is 89.1 Å². The highest BCUT2D eigenvalue weighted by Gasteiger charge is 2.18. The van der Waals surface area contributed by atoms with Gasteiger partial charge in [0.25, 0.3) is 0 Å². The average molecular weight is 360 g/mol. The molecule has 3 aromatic carbocycles. The summed E-state index contributed by atoms with van der Waals surface area (Å²) in [5.74, 6) is 0.0664. The summed E-state index contributed by atoms with van der Waals surface area (Å²) in [7, 11) is 0. The molecule has 0 radical (unpaired) electrons. The van der Waals surface area contributed by atoms with Crippen molar-refractivity contribution in [2.75, 3.05) is 0 Å². The first-order chi connectivity index (χ1) is 12.6. The van der Waals surface area contributed by atoms with E-state index in [9.17, 15) is 4.79 Å². The van der Waals surface area contributed by atoms with E-state index in [4.69, 9.17) is 11.6 Å². The molecule has 4 rings (SSSR count). The number of fused-ring (bicyclic) bond motifs is 1. The lowest BCUT2D eigenvalue weighted by molar-refractivity contribution is 0.101. The molecule has 0 bridgehead atoms. The maximum Gasteiger partial charge on any atom is 0.161 e. The van der Waals surface area contributed by atoms with Crippen molar-refractivity contribution in [1.29, 1.82) is 0 Å². The van der Waals surface area contributed by atoms with E-state index in [0.717, 1.165) is 33.6 Å². The third kappa shape index (κ3) is 2.73. The maximum absolute atomic E-state index is 12.2. The summed E-state index contributed by atoms with van der Waals surface area (Å²) in [6, 6.07) is 24.2. The molecule has 0 aliphatic rings. The predicted molar refractivity (Wildman–Crippen MR) is 108 cm³/mol. The van der Waals surface area contributed by atoms with E-state index >= 15 is 0 Å². The number of ketones is 1. The van der Waals surface area contributed by atoms with E-state index in [0.29, 0.717) is 5.02 Å². The monoisotopic (exact) mass is 359 g/mol. The molecule has 26 heavy (non-hydrogen) atoms. The Morgan fingerprint density at radius 3 is 2.35 bits per heavy atom. The Kier molecular flexibility index (Phi) is 4.14. The molecule has 0 aliphatic heterocycles. The highest BCUT2D eigenvalue weighted by atomic mass is 35.5. The second kappa shape index (κ2) is 6.47. The van der Waals surface area contributed by atoms with Gasteiger partial charge in [-0.3, -0.25) is 4.79 Å². The van der Waals surface area contributed by atoms with Crippen molar-refractivity contribution < 1.29 is 4.79 Å². The van der Waals surface area contributed by atoms with Crippen LogP contribution in [0.2, 0.25) is 5.02 Å². The van der Waals surface area contributed by atoms with Gasteiger partial charge in [0.1, 0.15) is 0 Å². The van der Waals surface area contributed by atoms with Gasteiger partial charge in [0, 0.05) is 21.7 Å². The molecule has 0 N–H and O–H groups in total. The van der Waals surface area contributed by atoms with Gasteiger partial charge in [-0.25, -0.2) is 0 Å². The second-order valence-electron chi connectivity index (χ2n) is 6.43. The minimum Gasteiger partial charge on any atom is -0.313 e. The van der Waals surface area contributed by atoms with Crippen LogP contribution in [0.5, 0.6) is 0 Å². The van der Waals surface area contributed by atoms with Crippen LogP contribution >= 0.6 is 11.6 Å². The lowest BCUT2D eigenvalue weighted by Crippen LogP contribution is -2.02. The fourth-order valence-electron chi connectivity index (χ4n) is 3.51. The Morgan fingerprint density at radius 2 is 1.62 bits per heavy atom. The summed E-state index contributed by atoms with van der Waals surface area (Å²) < 4.78 is 2.17. The van der Waals surface area contributed by atoms with Gasteiger partial charge >= 0.3 is 0 Å². The molecule has 1 aromatic heterocycles. The summed E-state index contributed by atoms with van der Waals surface area (Å²) in [4.78, 5) is 12.2. The number of nitrogens with zero attached hydrogens (tertiary/aromatic N) is 1. The summed E-state index contributed by atoms with van der Waals surface area (Å²) in [6.07, 6.45) is 0. The average Bonchev–Trinajstić information content (AvgIpc) is 2.99. The quantitative estimate of drug-likeness (QED) is 0.384. The predicted octanol–water partition coefficient (Wildman–Crippen LogP) is 6.46. The van der Waals surface area contributed by atoms with E-state index in [2.05, 4.69) is 34.9 Å². The smallest absolute Gasteiger partial charge is 0.161 e. The molecule has 0 saturated carbocycles. The molecule has 0 fully saturated rings. The Labute approximate surface area is 157 Å². The number of Topliss-reactive ketones (excluding diaryl/α,β-unsaturated/α-hetero) is 1. The zero-order chi connectivity index (χ0) is 18.3. The molecule has 0 aliphatic carbocycles. The van der Waals surface area contributed by atoms with Gasteiger partial charge in [0.2, 0.25) is 0 Å². The second-order valence-corrected chi connectivity index (χ2v) is 6.86. The molecule has 0 unspecified atom stereocenters. The third-order valence-electron chi connectivity index (χ3n) is 4.77. The highest BCUT2D eigenvalue weighted by Crippen LogP contribution is 2.33. The molecule has 128 valence electrons. The minimum absolute atomic E-state index is 0.0664. The van der Waals surface area contributed by atoms with E-state index < -0.39 is 0 Å². The fraction of sp³-hybridized carbons (Fsp3) is 0.0870. The molecular weight excluding hydrogens is 342 g/mol. The number of halogens is 1. The number of aromatic nitrogens is 1. The van der Waals surface area contributed by atoms with Crippen LogP contribution in [0.25, 0.3) is 27.7 Å². The molecule has 0 amide bonds. The van der Waals surface area contributed by atoms with E-state index in [1.807, 2.05) is 49.4 Å². The first kappa shape index (κ1) is 16.6. The summed E-state index contributed by atoms with van der Waals surface area (Å²) in [5, 5.41) is 3.02. The van der Waals surface area contributed by atoms with Crippen LogP contribution < -0.4 is 0 Å². The van der Waals surface area contributed by atoms with E-state index in [1.165, 1.54) is 5.39 Å². The van der Waals surface area contributed by atoms with Gasteiger partial charge in [0.15, 0.2) is 5.78 Å². The number of carbonyl (C=O) groups excluding carboxylic acids is 1. The number of hydrogen-bond acceptors (Lipinski definition) is 1. The zero-order valence-corrected chi connectivity index (χ0v) is 15.4. The largest absolute Gasteiger partial charge is 0.313 e. The third-order valence-corrected chi connectivity index (χ3v) is 5.03. The standard InChI is InChI=1S/C23H18ClNO/c1-15-21(16(2)26)14-23(18-10-12-19(24)13-11-18)25(15)22-9-5-7-17-6-3-4-8-20(17)22/h3-14H,1-2H3. The van der Waals surface area contributed by atoms with Gasteiger partial charge in [-0.2, -0.15) is 0 Å². The first-order valence-electron chi connectivity index (χ1n) is 8.53. The molecule has 1 heterocycles. The highest BCUT2D eigenvalue weighted by molar-refractivity contribution is 6.30. The molecule has 0 spiro atoms. The summed E-state index contributed by atoms with van der Waals surface area (Å²) >= 11 is 6.06. The molecular formula is C23H18ClNO. The van der Waals surface area contributed by atoms with Crippen LogP contribution in [0.15, 0.2) is 72.8 Å². The lowest BCUT2D eigenvalue weighted by atomic mass is 10.1. The topological polar surface area (TPSA) is 22.0 Å². The lowest BCUT2D eigenvalue weighted by Gasteiger charge is -2.15. The van der Waals surface area contributed by atoms with Crippen molar-refractivity contribution >= 4 is 28.2 Å². The fourth-order valence-corrected chi connectivity index (χ4v) is 3.64. The molecule has 2 nitrogen and oxygen atoms in total. The van der Waals surface area contributed by atoms with Gasteiger partial charge < -0.3 is 4.57 Å². The Morgan fingerprint density at radius 1 is 0.923 bits per heavy atom. The first-order valence-corrected chi connectivity index (χ1v) is 8.91. The van der Waals surface area contributed by atoms with Crippen LogP contribution in [0.3, 0.4) is 0 Å². The van der Waals surface area contributed by atoms with E-state index in [-0.39, 0.29) is 5.78 Å². The molecule has 0 saturated heterocycles. The zero-order valence-electron chi connectivity index (χ0n) is 14.7. The Balaban J connectivity index is 2.06. The number of benzene rings is 3. The normalized spacial score (nSPS) is 11.0. The van der Waals surface area contributed by atoms with Gasteiger partial charge in [-0.15, -0.1) is 0 Å². The van der Waals surface area contributed by atoms with Crippen LogP contribution in [0.4, 0.5) is 0 Å². The van der Waals surface area contributed by atoms with Crippen LogP contribution in [0, 0.1) is 6.92 Å². The minimum atomic E-state index is 0.0664. The van der Waals surface area contributed by atoms with Crippen molar-refractivity contribution in [1.82, 2.24) is 4.57 Å². The summed E-state index contributed by atoms with van der Waals surface area (Å²) in [5.41, 5.74) is 4.76. The molecule has 0 atom stereocenters. The number of rotatable bonds is 3. The Bertz CT molecular complexity index is 1120. The summed E-state index contributed by atoms with van der Waals surface area (Å²) in [6.45, 7) is 3.61. The van der Waals surface area contributed by atoms with Crippen molar-refractivity contribution in [2.24, 2.45) is 0 Å².